The van der Waals surface area contributed by atoms with E-state index in [9.17, 15) is 5.11 Å². The average Bonchev–Trinajstić information content (AvgIpc) is 3.03. The zero-order valence-corrected chi connectivity index (χ0v) is 12.9. The van der Waals surface area contributed by atoms with Gasteiger partial charge in [0.25, 0.3) is 0 Å². The number of hydrogen-bond acceptors (Lipinski definition) is 2. The quantitative estimate of drug-likeness (QED) is 0.803. The van der Waals surface area contributed by atoms with Crippen molar-refractivity contribution in [3.8, 4) is 0 Å². The van der Waals surface area contributed by atoms with Crippen molar-refractivity contribution >= 4 is 22.5 Å². The highest BCUT2D eigenvalue weighted by Gasteiger charge is 2.14. The van der Waals surface area contributed by atoms with Crippen LogP contribution < -0.4 is 0 Å². The first-order valence-corrected chi connectivity index (χ1v) is 7.42. The molecule has 0 radical (unpaired) electrons. The number of fused-ring (bicyclic) bond motifs is 1. The molecule has 0 saturated heterocycles. The van der Waals surface area contributed by atoms with Gasteiger partial charge in [0.1, 0.15) is 0 Å². The summed E-state index contributed by atoms with van der Waals surface area (Å²) in [6, 6.07) is 8.00. The van der Waals surface area contributed by atoms with Gasteiger partial charge in [-0.05, 0) is 31.5 Å². The van der Waals surface area contributed by atoms with E-state index in [1.165, 1.54) is 0 Å². The number of rotatable bonds is 4. The van der Waals surface area contributed by atoms with Gasteiger partial charge in [0.2, 0.25) is 0 Å². The number of aliphatic hydroxyl groups is 1. The Balaban J connectivity index is 2.07. The molecule has 0 unspecified atom stereocenters. The van der Waals surface area contributed by atoms with Crippen LogP contribution in [0.5, 0.6) is 0 Å². The van der Waals surface area contributed by atoms with E-state index in [1.807, 2.05) is 36.0 Å². The van der Waals surface area contributed by atoms with Gasteiger partial charge in [-0.15, -0.1) is 0 Å². The Morgan fingerprint density at radius 1 is 1.29 bits per heavy atom. The van der Waals surface area contributed by atoms with E-state index < -0.39 is 0 Å². The number of aryl methyl sites for hydroxylation is 2. The predicted octanol–water partition coefficient (Wildman–Crippen LogP) is 3.36. The molecule has 3 aromatic rings. The number of aromatic nitrogens is 3. The summed E-state index contributed by atoms with van der Waals surface area (Å²) in [6.07, 6.45) is 2.03. The lowest BCUT2D eigenvalue weighted by Gasteiger charge is -2.09. The van der Waals surface area contributed by atoms with E-state index >= 15 is 0 Å². The van der Waals surface area contributed by atoms with E-state index in [-0.39, 0.29) is 6.61 Å². The molecule has 0 aliphatic carbocycles. The first kappa shape index (κ1) is 14.2. The summed E-state index contributed by atoms with van der Waals surface area (Å²) in [5.74, 6) is 0. The maximum Gasteiger partial charge on any atom is 0.0865 e. The van der Waals surface area contributed by atoms with Gasteiger partial charge in [-0.25, -0.2) is 0 Å². The Labute approximate surface area is 128 Å². The number of halogens is 1. The van der Waals surface area contributed by atoms with Gasteiger partial charge in [0, 0.05) is 23.6 Å². The van der Waals surface area contributed by atoms with E-state index in [0.717, 1.165) is 39.4 Å². The molecule has 0 saturated carbocycles. The smallest absolute Gasteiger partial charge is 0.0865 e. The summed E-state index contributed by atoms with van der Waals surface area (Å²) in [5, 5.41) is 15.7. The number of nitrogens with zero attached hydrogens (tertiary/aromatic N) is 3. The molecular weight excluding hydrogens is 286 g/mol. The maximum absolute atomic E-state index is 9.42. The summed E-state index contributed by atoms with van der Waals surface area (Å²) in [4.78, 5) is 0. The molecule has 2 aromatic heterocycles. The van der Waals surface area contributed by atoms with E-state index in [0.29, 0.717) is 6.54 Å². The lowest BCUT2D eigenvalue weighted by Crippen LogP contribution is -2.07. The lowest BCUT2D eigenvalue weighted by molar-refractivity contribution is 0.283. The van der Waals surface area contributed by atoms with E-state index in [1.54, 1.807) is 0 Å². The van der Waals surface area contributed by atoms with Crippen LogP contribution in [0.1, 0.15) is 23.9 Å². The molecule has 0 aliphatic heterocycles. The maximum atomic E-state index is 9.42. The average molecular weight is 304 g/mol. The van der Waals surface area contributed by atoms with Crippen LogP contribution in [0.2, 0.25) is 5.02 Å². The minimum atomic E-state index is 0.0497. The van der Waals surface area contributed by atoms with Gasteiger partial charge in [-0.2, -0.15) is 5.10 Å². The Morgan fingerprint density at radius 3 is 2.81 bits per heavy atom. The van der Waals surface area contributed by atoms with Crippen molar-refractivity contribution in [2.45, 2.75) is 33.5 Å². The Kier molecular flexibility index (Phi) is 3.74. The molecule has 5 heteroatoms. The number of hydrogen-bond donors (Lipinski definition) is 1. The second-order valence-electron chi connectivity index (χ2n) is 5.11. The fraction of sp³-hybridized carbons (Fsp3) is 0.312. The first-order valence-electron chi connectivity index (χ1n) is 7.05. The fourth-order valence-corrected chi connectivity index (χ4v) is 2.94. The molecule has 0 aliphatic rings. The minimum absolute atomic E-state index is 0.0497. The monoisotopic (exact) mass is 303 g/mol. The Bertz CT molecular complexity index is 788. The normalized spacial score (nSPS) is 11.4. The predicted molar refractivity (Wildman–Crippen MR) is 84.6 cm³/mol. The van der Waals surface area contributed by atoms with Crippen molar-refractivity contribution in [2.24, 2.45) is 0 Å². The van der Waals surface area contributed by atoms with Gasteiger partial charge in [0.15, 0.2) is 0 Å². The highest BCUT2D eigenvalue weighted by molar-refractivity contribution is 6.31. The third kappa shape index (κ3) is 2.34. The molecule has 21 heavy (non-hydrogen) atoms. The zero-order chi connectivity index (χ0) is 15.0. The second-order valence-corrected chi connectivity index (χ2v) is 5.49. The fourth-order valence-electron chi connectivity index (χ4n) is 2.74. The Morgan fingerprint density at radius 2 is 2.10 bits per heavy atom. The summed E-state index contributed by atoms with van der Waals surface area (Å²) in [7, 11) is 0. The number of aliphatic hydroxyl groups excluding tert-OH is 1. The van der Waals surface area contributed by atoms with Crippen LogP contribution >= 0.6 is 11.6 Å². The van der Waals surface area contributed by atoms with Gasteiger partial charge < -0.3 is 9.67 Å². The van der Waals surface area contributed by atoms with Crippen molar-refractivity contribution < 1.29 is 5.11 Å². The summed E-state index contributed by atoms with van der Waals surface area (Å²) < 4.78 is 4.09. The first-order chi connectivity index (χ1) is 10.2. The van der Waals surface area contributed by atoms with Gasteiger partial charge >= 0.3 is 0 Å². The topological polar surface area (TPSA) is 43.0 Å². The molecule has 110 valence electrons. The van der Waals surface area contributed by atoms with Crippen LogP contribution in [0.15, 0.2) is 30.5 Å². The van der Waals surface area contributed by atoms with Crippen LogP contribution in [0, 0.1) is 6.92 Å². The van der Waals surface area contributed by atoms with Crippen LogP contribution in [0.3, 0.4) is 0 Å². The molecule has 2 heterocycles. The van der Waals surface area contributed by atoms with E-state index in [2.05, 4.69) is 22.7 Å². The molecule has 0 fully saturated rings. The van der Waals surface area contributed by atoms with Crippen molar-refractivity contribution in [1.29, 1.82) is 0 Å². The standard InChI is InChI=1S/C16H18ClN3O/c1-3-20-15(16(17)11(2)18-20)9-19-8-7-13-12(10-21)5-4-6-14(13)19/h4-8,21H,3,9-10H2,1-2H3. The van der Waals surface area contributed by atoms with Crippen LogP contribution in [0.25, 0.3) is 10.9 Å². The highest BCUT2D eigenvalue weighted by atomic mass is 35.5. The van der Waals surface area contributed by atoms with Crippen molar-refractivity contribution in [3.63, 3.8) is 0 Å². The highest BCUT2D eigenvalue weighted by Crippen LogP contribution is 2.25. The van der Waals surface area contributed by atoms with Gasteiger partial charge in [0.05, 0.1) is 29.6 Å². The molecule has 0 amide bonds. The molecule has 4 nitrogen and oxygen atoms in total. The van der Waals surface area contributed by atoms with Crippen molar-refractivity contribution in [2.75, 3.05) is 0 Å². The van der Waals surface area contributed by atoms with Crippen molar-refractivity contribution in [3.05, 3.63) is 52.4 Å². The SMILES string of the molecule is CCn1nc(C)c(Cl)c1Cn1ccc2c(CO)cccc21. The largest absolute Gasteiger partial charge is 0.392 e. The minimum Gasteiger partial charge on any atom is -0.392 e. The molecule has 0 spiro atoms. The molecule has 1 N–H and O–H groups in total. The van der Waals surface area contributed by atoms with Crippen molar-refractivity contribution in [1.82, 2.24) is 14.3 Å². The Hall–Kier alpha value is -1.78. The summed E-state index contributed by atoms with van der Waals surface area (Å²) >= 11 is 6.38. The van der Waals surface area contributed by atoms with Crippen LogP contribution in [-0.2, 0) is 19.7 Å². The lowest BCUT2D eigenvalue weighted by atomic mass is 10.1. The van der Waals surface area contributed by atoms with Gasteiger partial charge in [-0.1, -0.05) is 23.7 Å². The van der Waals surface area contributed by atoms with Gasteiger partial charge in [-0.3, -0.25) is 4.68 Å². The third-order valence-electron chi connectivity index (χ3n) is 3.85. The molecule has 1 aromatic carbocycles. The zero-order valence-electron chi connectivity index (χ0n) is 12.2. The summed E-state index contributed by atoms with van der Waals surface area (Å²) in [5.41, 5.74) is 3.92. The summed E-state index contributed by atoms with van der Waals surface area (Å²) in [6.45, 7) is 5.50. The second kappa shape index (κ2) is 5.54. The third-order valence-corrected chi connectivity index (χ3v) is 4.34. The molecule has 3 rings (SSSR count). The molecule has 0 bridgehead atoms. The van der Waals surface area contributed by atoms with Crippen LogP contribution in [-0.4, -0.2) is 19.5 Å². The van der Waals surface area contributed by atoms with Crippen LogP contribution in [0.4, 0.5) is 0 Å². The number of benzene rings is 1. The molecular formula is C16H18ClN3O. The van der Waals surface area contributed by atoms with E-state index in [4.69, 9.17) is 11.6 Å². The molecule has 0 atom stereocenters.